The molecule has 30 heavy (non-hydrogen) atoms. The number of hydrogen-bond donors (Lipinski definition) is 1. The first kappa shape index (κ1) is 19.8. The first-order valence-corrected chi connectivity index (χ1v) is 11.2. The smallest absolute Gasteiger partial charge is 0.187 e. The van der Waals surface area contributed by atoms with E-state index in [0.29, 0.717) is 5.56 Å². The molecule has 0 saturated heterocycles. The Balaban J connectivity index is 1.65. The van der Waals surface area contributed by atoms with Gasteiger partial charge in [-0.25, -0.2) is 0 Å². The number of anilines is 1. The van der Waals surface area contributed by atoms with Gasteiger partial charge in [0, 0.05) is 28.8 Å². The number of para-hydroxylation sites is 1. The van der Waals surface area contributed by atoms with Crippen LogP contribution in [0, 0.1) is 0 Å². The normalized spacial score (nSPS) is 11.0. The van der Waals surface area contributed by atoms with E-state index in [1.54, 1.807) is 12.3 Å². The monoisotopic (exact) mass is 407 g/mol. The van der Waals surface area contributed by atoms with E-state index in [1.165, 1.54) is 15.9 Å². The Hall–Kier alpha value is -3.48. The molecule has 0 aromatic heterocycles. The molecule has 0 bridgehead atoms. The van der Waals surface area contributed by atoms with Gasteiger partial charge >= 0.3 is 0 Å². The quantitative estimate of drug-likeness (QED) is 0.257. The van der Waals surface area contributed by atoms with Crippen molar-refractivity contribution in [3.8, 4) is 0 Å². The molecule has 0 unspecified atom stereocenters. The van der Waals surface area contributed by atoms with E-state index in [2.05, 4.69) is 72.0 Å². The maximum absolute atomic E-state index is 12.4. The molecule has 0 aliphatic rings. The predicted octanol–water partition coefficient (Wildman–Crippen LogP) is 5.25. The van der Waals surface area contributed by atoms with Crippen LogP contribution in [-0.2, 0) is 0 Å². The fourth-order valence-corrected chi connectivity index (χ4v) is 5.69. The van der Waals surface area contributed by atoms with E-state index < -0.39 is 7.92 Å². The van der Waals surface area contributed by atoms with Crippen molar-refractivity contribution >= 4 is 35.3 Å². The van der Waals surface area contributed by atoms with Gasteiger partial charge in [0.25, 0.3) is 0 Å². The molecule has 2 nitrogen and oxygen atoms in total. The SMILES string of the molecule is O=C(/C=C/Nc1ccccc1P(c1ccccc1)c1ccccc1)c1ccccc1. The highest BCUT2D eigenvalue weighted by Gasteiger charge is 2.18. The first-order valence-electron chi connectivity index (χ1n) is 9.85. The van der Waals surface area contributed by atoms with Crippen LogP contribution >= 0.6 is 7.92 Å². The molecule has 0 radical (unpaired) electrons. The molecule has 4 aromatic rings. The number of nitrogens with one attached hydrogen (secondary N) is 1. The summed E-state index contributed by atoms with van der Waals surface area (Å²) in [4.78, 5) is 12.4. The summed E-state index contributed by atoms with van der Waals surface area (Å²) in [5.74, 6) is -0.0195. The third-order valence-electron chi connectivity index (χ3n) is 4.71. The second kappa shape index (κ2) is 9.82. The highest BCUT2D eigenvalue weighted by atomic mass is 31.1. The first-order chi connectivity index (χ1) is 14.8. The Bertz CT molecular complexity index is 1090. The van der Waals surface area contributed by atoms with Crippen LogP contribution in [0.15, 0.2) is 128 Å². The number of carbonyl (C=O) groups is 1. The summed E-state index contributed by atoms with van der Waals surface area (Å²) in [7, 11) is -0.724. The van der Waals surface area contributed by atoms with E-state index in [-0.39, 0.29) is 5.78 Å². The number of ketones is 1. The predicted molar refractivity (Wildman–Crippen MR) is 129 cm³/mol. The Morgan fingerprint density at radius 3 is 1.73 bits per heavy atom. The zero-order chi connectivity index (χ0) is 20.6. The van der Waals surface area contributed by atoms with Crippen LogP contribution in [0.3, 0.4) is 0 Å². The molecular formula is C27H22NOP. The summed E-state index contributed by atoms with van der Waals surface area (Å²) >= 11 is 0. The van der Waals surface area contributed by atoms with Crippen LogP contribution in [0.2, 0.25) is 0 Å². The number of hydrogen-bond acceptors (Lipinski definition) is 2. The second-order valence-electron chi connectivity index (χ2n) is 6.73. The molecule has 0 saturated carbocycles. The minimum absolute atomic E-state index is 0.0195. The summed E-state index contributed by atoms with van der Waals surface area (Å²) < 4.78 is 0. The molecule has 0 heterocycles. The van der Waals surface area contributed by atoms with Gasteiger partial charge in [-0.15, -0.1) is 0 Å². The maximum atomic E-state index is 12.4. The van der Waals surface area contributed by atoms with Gasteiger partial charge in [-0.1, -0.05) is 109 Å². The molecule has 4 rings (SSSR count). The van der Waals surface area contributed by atoms with Crippen LogP contribution in [0.25, 0.3) is 0 Å². The summed E-state index contributed by atoms with van der Waals surface area (Å²) in [6.07, 6.45) is 3.32. The zero-order valence-corrected chi connectivity index (χ0v) is 17.4. The topological polar surface area (TPSA) is 29.1 Å². The van der Waals surface area contributed by atoms with E-state index in [0.717, 1.165) is 5.69 Å². The minimum Gasteiger partial charge on any atom is -0.361 e. The highest BCUT2D eigenvalue weighted by molar-refractivity contribution is 7.80. The lowest BCUT2D eigenvalue weighted by molar-refractivity contribution is 0.104. The van der Waals surface area contributed by atoms with Crippen LogP contribution < -0.4 is 21.2 Å². The highest BCUT2D eigenvalue weighted by Crippen LogP contribution is 2.35. The van der Waals surface area contributed by atoms with Crippen LogP contribution in [0.5, 0.6) is 0 Å². The zero-order valence-electron chi connectivity index (χ0n) is 16.5. The molecule has 146 valence electrons. The van der Waals surface area contributed by atoms with E-state index in [1.807, 2.05) is 48.5 Å². The fraction of sp³-hybridized carbons (Fsp3) is 0. The van der Waals surface area contributed by atoms with E-state index >= 15 is 0 Å². The lowest BCUT2D eigenvalue weighted by atomic mass is 10.1. The summed E-state index contributed by atoms with van der Waals surface area (Å²) in [5.41, 5.74) is 1.69. The van der Waals surface area contributed by atoms with Gasteiger partial charge in [0.1, 0.15) is 0 Å². The van der Waals surface area contributed by atoms with Crippen molar-refractivity contribution in [1.29, 1.82) is 0 Å². The Morgan fingerprint density at radius 1 is 0.633 bits per heavy atom. The van der Waals surface area contributed by atoms with Gasteiger partial charge < -0.3 is 5.32 Å². The molecule has 0 atom stereocenters. The summed E-state index contributed by atoms with van der Waals surface area (Å²) in [5, 5.41) is 7.15. The third kappa shape index (κ3) is 4.74. The third-order valence-corrected chi connectivity index (χ3v) is 7.21. The summed E-state index contributed by atoms with van der Waals surface area (Å²) in [6.45, 7) is 0. The second-order valence-corrected chi connectivity index (χ2v) is 8.92. The van der Waals surface area contributed by atoms with Crippen molar-refractivity contribution in [2.75, 3.05) is 5.32 Å². The standard InChI is InChI=1S/C27H22NOP/c29-26(22-12-4-1-5-13-22)20-21-28-25-18-10-11-19-27(25)30(23-14-6-2-7-15-23)24-16-8-3-9-17-24/h1-21,28H/b21-20+. The number of allylic oxidation sites excluding steroid dienone is 1. The molecule has 0 amide bonds. The van der Waals surface area contributed by atoms with Crippen LogP contribution in [-0.4, -0.2) is 5.78 Å². The lowest BCUT2D eigenvalue weighted by Crippen LogP contribution is -2.22. The lowest BCUT2D eigenvalue weighted by Gasteiger charge is -2.22. The van der Waals surface area contributed by atoms with E-state index in [4.69, 9.17) is 0 Å². The average Bonchev–Trinajstić information content (AvgIpc) is 2.82. The molecule has 1 N–H and O–H groups in total. The Labute approximate surface area is 178 Å². The summed E-state index contributed by atoms with van der Waals surface area (Å²) in [6, 6.07) is 38.8. The largest absolute Gasteiger partial charge is 0.361 e. The molecule has 4 aromatic carbocycles. The molecule has 0 aliphatic carbocycles. The van der Waals surface area contributed by atoms with Gasteiger partial charge in [0.2, 0.25) is 0 Å². The fourth-order valence-electron chi connectivity index (χ4n) is 3.28. The van der Waals surface area contributed by atoms with Crippen LogP contribution in [0.1, 0.15) is 10.4 Å². The molecule has 0 spiro atoms. The van der Waals surface area contributed by atoms with Gasteiger partial charge in [-0.3, -0.25) is 4.79 Å². The van der Waals surface area contributed by atoms with Crippen molar-refractivity contribution in [3.63, 3.8) is 0 Å². The van der Waals surface area contributed by atoms with Gasteiger partial charge in [0.15, 0.2) is 5.78 Å². The van der Waals surface area contributed by atoms with Gasteiger partial charge in [0.05, 0.1) is 0 Å². The van der Waals surface area contributed by atoms with Gasteiger partial charge in [-0.05, 0) is 24.6 Å². The average molecular weight is 407 g/mol. The van der Waals surface area contributed by atoms with Crippen molar-refractivity contribution in [1.82, 2.24) is 0 Å². The van der Waals surface area contributed by atoms with Crippen LogP contribution in [0.4, 0.5) is 5.69 Å². The molecular weight excluding hydrogens is 385 g/mol. The Morgan fingerprint density at radius 2 is 1.13 bits per heavy atom. The molecule has 0 fully saturated rings. The molecule has 3 heteroatoms. The number of carbonyl (C=O) groups excluding carboxylic acids is 1. The van der Waals surface area contributed by atoms with Crippen molar-refractivity contribution in [2.24, 2.45) is 0 Å². The van der Waals surface area contributed by atoms with E-state index in [9.17, 15) is 4.79 Å². The number of rotatable bonds is 7. The number of benzene rings is 4. The van der Waals surface area contributed by atoms with Crippen molar-refractivity contribution in [2.45, 2.75) is 0 Å². The minimum atomic E-state index is -0.724. The maximum Gasteiger partial charge on any atom is 0.187 e. The van der Waals surface area contributed by atoms with Gasteiger partial charge in [-0.2, -0.15) is 0 Å². The van der Waals surface area contributed by atoms with Crippen molar-refractivity contribution in [3.05, 3.63) is 133 Å². The molecule has 0 aliphatic heterocycles. The van der Waals surface area contributed by atoms with Crippen molar-refractivity contribution < 1.29 is 4.79 Å². The Kier molecular flexibility index (Phi) is 6.49.